The summed E-state index contributed by atoms with van der Waals surface area (Å²) in [5.41, 5.74) is 6.32. The molecule has 0 saturated carbocycles. The Morgan fingerprint density at radius 3 is 1.73 bits per heavy atom. The van der Waals surface area contributed by atoms with Gasteiger partial charge in [-0.05, 0) is 106 Å². The zero-order valence-electron chi connectivity index (χ0n) is 65.0. The lowest BCUT2D eigenvalue weighted by Crippen LogP contribution is -2.64. The van der Waals surface area contributed by atoms with Crippen molar-refractivity contribution in [2.45, 2.75) is 267 Å². The summed E-state index contributed by atoms with van der Waals surface area (Å²) in [4.78, 5) is 213. The number of cyclic esters (lactones) is 1. The summed E-state index contributed by atoms with van der Waals surface area (Å²) in [7, 11) is 0. The zero-order chi connectivity index (χ0) is 80.1. The molecule has 1 aromatic carbocycles. The van der Waals surface area contributed by atoms with Crippen LogP contribution in [0.3, 0.4) is 0 Å². The van der Waals surface area contributed by atoms with Gasteiger partial charge in [-0.15, -0.1) is 0 Å². The zero-order valence-corrected chi connectivity index (χ0v) is 65.0. The van der Waals surface area contributed by atoms with Gasteiger partial charge in [-0.25, -0.2) is 4.79 Å². The molecule has 0 bridgehead atoms. The number of nitrogens with zero attached hydrogens (tertiary/aromatic N) is 1. The molecule has 0 aromatic heterocycles. The highest BCUT2D eigenvalue weighted by Gasteiger charge is 2.44. The third-order valence-corrected chi connectivity index (χ3v) is 18.9. The maximum atomic E-state index is 15.0. The number of hydrogen-bond acceptors (Lipinski definition) is 19. The van der Waals surface area contributed by atoms with E-state index in [9.17, 15) is 67.4 Å². The van der Waals surface area contributed by atoms with Gasteiger partial charge in [0.25, 0.3) is 5.91 Å². The van der Waals surface area contributed by atoms with Gasteiger partial charge in [-0.3, -0.25) is 67.1 Å². The van der Waals surface area contributed by atoms with Crippen molar-refractivity contribution in [2.24, 2.45) is 47.2 Å². The minimum atomic E-state index is -1.84. The molecular formula is C74H120N14O18. The lowest BCUT2D eigenvalue weighted by Gasteiger charge is -2.33. The van der Waals surface area contributed by atoms with E-state index in [4.69, 9.17) is 15.2 Å². The Hall–Kier alpha value is -9.07. The van der Waals surface area contributed by atoms with Gasteiger partial charge in [0, 0.05) is 26.3 Å². The first kappa shape index (κ1) is 91.1. The second kappa shape index (κ2) is 44.2. The number of aliphatic hydroxyl groups excluding tert-OH is 1. The molecule has 16 atom stereocenters. The molecule has 0 aliphatic carbocycles. The van der Waals surface area contributed by atoms with Crippen LogP contribution in [0.4, 0.5) is 0 Å². The van der Waals surface area contributed by atoms with Gasteiger partial charge in [0.05, 0.1) is 12.7 Å². The predicted molar refractivity (Wildman–Crippen MR) is 393 cm³/mol. The molecule has 594 valence electrons. The summed E-state index contributed by atoms with van der Waals surface area (Å²) in [6.07, 6.45) is -0.620. The molecule has 106 heavy (non-hydrogen) atoms. The fourth-order valence-electron chi connectivity index (χ4n) is 11.9. The van der Waals surface area contributed by atoms with E-state index in [0.717, 1.165) is 0 Å². The number of esters is 2. The number of nitrogens with one attached hydrogen (secondary N) is 12. The van der Waals surface area contributed by atoms with Gasteiger partial charge in [-0.2, -0.15) is 0 Å². The van der Waals surface area contributed by atoms with Crippen LogP contribution >= 0.6 is 0 Å². The molecule has 32 heteroatoms. The minimum Gasteiger partial charge on any atom is -0.466 e. The fraction of sp³-hybridized carbons (Fsp3) is 0.689. The number of nitrogens with two attached hydrogens (primary N) is 1. The predicted octanol–water partition coefficient (Wildman–Crippen LogP) is 0.353. The third kappa shape index (κ3) is 27.7. The Morgan fingerprint density at radius 1 is 0.642 bits per heavy atom. The van der Waals surface area contributed by atoms with E-state index in [0.29, 0.717) is 18.4 Å². The van der Waals surface area contributed by atoms with Crippen molar-refractivity contribution in [3.05, 3.63) is 47.7 Å². The summed E-state index contributed by atoms with van der Waals surface area (Å²) >= 11 is 0. The lowest BCUT2D eigenvalue weighted by atomic mass is 9.95. The maximum absolute atomic E-state index is 15.0. The van der Waals surface area contributed by atoms with Crippen molar-refractivity contribution >= 4 is 88.7 Å². The first-order valence-electron chi connectivity index (χ1n) is 37.1. The van der Waals surface area contributed by atoms with Crippen molar-refractivity contribution in [1.29, 1.82) is 0 Å². The highest BCUT2D eigenvalue weighted by atomic mass is 16.5. The second-order valence-corrected chi connectivity index (χ2v) is 29.3. The lowest BCUT2D eigenvalue weighted by molar-refractivity contribution is -0.157. The van der Waals surface area contributed by atoms with Crippen molar-refractivity contribution < 1.29 is 86.5 Å². The normalized spacial score (nSPS) is 22.3. The standard InChI is InChI=1S/C74H120N14O18/c1-19-42(14)58(70(100)87-61-45(17)106-74(104)57(41(12)13)83-62(92)48(21-3)76-64(94)50(36-47-28-23-22-24-29-47)78-66(96)54(38(6)7)80-69(99)59(43(15)20-2)85-72(61)102)84-63(93)49(30-25-33-75)77-65(95)51-31-26-34-88(51)73(103)56(40(10)11)82-68(98)55(39(8)9)81-71(101)60(44(16)89)86-67(97)53(37(4)5)79-52(91)32-27-35-105-46(18)90/h21-24,28-29,37-45,49-51,53-61,89H,19-20,25-27,30-36,75H2,1-18H3,(H,76,94)(H,77,95)(H,78,96)(H,79,91)(H,80,99)(H,81,101)(H,82,98)(H,83,92)(H,84,93)(H,85,102)(H,86,97)(H,87,100)/b48-21-/t42-,43-,44+,45+,49-,50-,51+,53+,54+,55-,56+,57-,58+,59+,60-,61+/m0/s1. The molecule has 13 amide bonds. The smallest absolute Gasteiger partial charge is 0.329 e. The summed E-state index contributed by atoms with van der Waals surface area (Å²) in [6, 6.07) is -7.99. The number of benzene rings is 1. The highest BCUT2D eigenvalue weighted by molar-refractivity contribution is 6.03. The highest BCUT2D eigenvalue weighted by Crippen LogP contribution is 2.23. The van der Waals surface area contributed by atoms with Crippen molar-refractivity contribution in [3.63, 3.8) is 0 Å². The average Bonchev–Trinajstić information content (AvgIpc) is 1.44. The maximum Gasteiger partial charge on any atom is 0.329 e. The van der Waals surface area contributed by atoms with E-state index in [-0.39, 0.29) is 70.3 Å². The van der Waals surface area contributed by atoms with Crippen LogP contribution in [-0.4, -0.2) is 203 Å². The Kier molecular flexibility index (Phi) is 38.0. The molecule has 2 fully saturated rings. The van der Waals surface area contributed by atoms with Gasteiger partial charge in [-0.1, -0.05) is 146 Å². The number of ether oxygens (including phenoxy) is 2. The van der Waals surface area contributed by atoms with E-state index in [1.807, 2.05) is 0 Å². The number of likely N-dealkylation sites (tertiary alicyclic amines) is 1. The number of carbonyl (C=O) groups is 15. The molecule has 2 heterocycles. The van der Waals surface area contributed by atoms with Crippen LogP contribution in [0.25, 0.3) is 0 Å². The van der Waals surface area contributed by atoms with Crippen LogP contribution < -0.4 is 69.5 Å². The van der Waals surface area contributed by atoms with Crippen molar-refractivity contribution in [3.8, 4) is 0 Å². The molecule has 0 spiro atoms. The number of hydrogen-bond donors (Lipinski definition) is 14. The molecule has 0 unspecified atom stereocenters. The summed E-state index contributed by atoms with van der Waals surface area (Å²) in [6.45, 7) is 28.5. The van der Waals surface area contributed by atoms with Gasteiger partial charge < -0.3 is 89.0 Å². The van der Waals surface area contributed by atoms with Crippen LogP contribution in [0.1, 0.15) is 182 Å². The quantitative estimate of drug-likeness (QED) is 0.0256. The number of amides is 13. The first-order chi connectivity index (χ1) is 49.7. The molecule has 3 rings (SSSR count). The van der Waals surface area contributed by atoms with E-state index >= 15 is 9.59 Å². The van der Waals surface area contributed by atoms with Crippen molar-refractivity contribution in [1.82, 2.24) is 68.7 Å². The summed E-state index contributed by atoms with van der Waals surface area (Å²) in [5.74, 6) is -16.6. The number of rotatable bonds is 33. The Labute approximate surface area is 623 Å². The molecule has 2 aliphatic rings. The summed E-state index contributed by atoms with van der Waals surface area (Å²) in [5, 5.41) is 42.8. The molecular weight excluding hydrogens is 1370 g/mol. The van der Waals surface area contributed by atoms with Crippen LogP contribution in [0.2, 0.25) is 0 Å². The molecule has 15 N–H and O–H groups in total. The van der Waals surface area contributed by atoms with Crippen molar-refractivity contribution in [2.75, 3.05) is 19.7 Å². The molecule has 32 nitrogen and oxygen atoms in total. The first-order valence-corrected chi connectivity index (χ1v) is 37.1. The second-order valence-electron chi connectivity index (χ2n) is 29.3. The number of carbonyl (C=O) groups excluding carboxylic acids is 15. The third-order valence-electron chi connectivity index (χ3n) is 18.9. The van der Waals surface area contributed by atoms with Gasteiger partial charge in [0.15, 0.2) is 0 Å². The topological polar surface area (TPSA) is 468 Å². The Morgan fingerprint density at radius 2 is 1.19 bits per heavy atom. The SMILES string of the molecule is C/C=C1\NC(=O)[C@H](Cc2ccccc2)NC(=O)[C@@H](C(C)C)NC(=O)[C@@H]([C@@H](C)CC)NC(=O)[C@H](NC(=O)[C@H](NC(=O)[C@H](CCCN)NC(=O)[C@H]2CCCN2C(=O)[C@H](NC(=O)[C@@H](NC(=O)[C@@H](NC(=O)[C@H](NC(=O)CCCOC(C)=O)C(C)C)[C@@H](C)O)C(C)C)C(C)C)[C@@H](C)CC)[C@@H](C)OC(=O)[C@H](C(C)C)NC1=O. The number of allylic oxidation sites excluding steroid dienone is 1. The molecule has 1 aromatic rings. The van der Waals surface area contributed by atoms with E-state index in [2.05, 4.69) is 63.8 Å². The van der Waals surface area contributed by atoms with E-state index in [1.54, 1.807) is 127 Å². The Balaban J connectivity index is 1.99. The Bertz CT molecular complexity index is 3240. The summed E-state index contributed by atoms with van der Waals surface area (Å²) < 4.78 is 10.8. The van der Waals surface area contributed by atoms with Crippen LogP contribution in [0, 0.1) is 41.4 Å². The van der Waals surface area contributed by atoms with Gasteiger partial charge in [0.2, 0.25) is 70.9 Å². The van der Waals surface area contributed by atoms with E-state index < -0.39 is 215 Å². The molecule has 0 radical (unpaired) electrons. The fourth-order valence-corrected chi connectivity index (χ4v) is 11.9. The number of aliphatic hydroxyl groups is 1. The minimum absolute atomic E-state index is 0.0167. The van der Waals surface area contributed by atoms with E-state index in [1.165, 1.54) is 38.7 Å². The van der Waals surface area contributed by atoms with Gasteiger partial charge >= 0.3 is 11.9 Å². The van der Waals surface area contributed by atoms with Crippen LogP contribution in [-0.2, 0) is 87.8 Å². The largest absolute Gasteiger partial charge is 0.466 e. The molecule has 2 aliphatic heterocycles. The monoisotopic (exact) mass is 1490 g/mol. The van der Waals surface area contributed by atoms with Crippen LogP contribution in [0.5, 0.6) is 0 Å². The average molecular weight is 1490 g/mol. The molecule has 2 saturated heterocycles. The van der Waals surface area contributed by atoms with Crippen LogP contribution in [0.15, 0.2) is 42.1 Å². The van der Waals surface area contributed by atoms with Gasteiger partial charge in [0.1, 0.15) is 84.3 Å².